The maximum absolute atomic E-state index is 11.6. The molecule has 2 rings (SSSR count). The summed E-state index contributed by atoms with van der Waals surface area (Å²) in [6.45, 7) is 3.03. The minimum absolute atomic E-state index is 0.0509. The molecule has 1 aliphatic rings. The Hall–Kier alpha value is -1.09. The standard InChI is InChI=1S/C11H16N2O/c1-8-6-9(11(14)13-7-8)10-4-2-3-5-12-10/h6-7,10,12H,2-5H2,1H3,(H,13,14). The Morgan fingerprint density at radius 3 is 3.00 bits per heavy atom. The van der Waals surface area contributed by atoms with Gasteiger partial charge in [-0.3, -0.25) is 4.79 Å². The van der Waals surface area contributed by atoms with E-state index in [4.69, 9.17) is 0 Å². The third-order valence-electron chi connectivity index (χ3n) is 2.76. The number of hydrogen-bond donors (Lipinski definition) is 2. The molecule has 1 aliphatic heterocycles. The van der Waals surface area contributed by atoms with Crippen LogP contribution in [0.2, 0.25) is 0 Å². The van der Waals surface area contributed by atoms with Crippen molar-refractivity contribution in [2.75, 3.05) is 6.54 Å². The zero-order valence-corrected chi connectivity index (χ0v) is 8.47. The minimum atomic E-state index is 0.0509. The summed E-state index contributed by atoms with van der Waals surface area (Å²) < 4.78 is 0. The van der Waals surface area contributed by atoms with Gasteiger partial charge < -0.3 is 10.3 Å². The van der Waals surface area contributed by atoms with Crippen LogP contribution in [0, 0.1) is 6.92 Å². The third kappa shape index (κ3) is 1.87. The predicted octanol–water partition coefficient (Wildman–Crippen LogP) is 1.50. The van der Waals surface area contributed by atoms with Crippen molar-refractivity contribution in [3.63, 3.8) is 0 Å². The molecular formula is C11H16N2O. The number of hydrogen-bond acceptors (Lipinski definition) is 2. The summed E-state index contributed by atoms with van der Waals surface area (Å²) in [6.07, 6.45) is 5.27. The van der Waals surface area contributed by atoms with Gasteiger partial charge in [0, 0.05) is 17.8 Å². The molecule has 1 fully saturated rings. The van der Waals surface area contributed by atoms with Gasteiger partial charge >= 0.3 is 0 Å². The Balaban J connectivity index is 2.29. The molecule has 0 bridgehead atoms. The molecule has 14 heavy (non-hydrogen) atoms. The fourth-order valence-corrected chi connectivity index (χ4v) is 1.99. The highest BCUT2D eigenvalue weighted by Crippen LogP contribution is 2.20. The lowest BCUT2D eigenvalue weighted by Gasteiger charge is -2.23. The molecule has 2 heterocycles. The fraction of sp³-hybridized carbons (Fsp3) is 0.545. The van der Waals surface area contributed by atoms with E-state index in [1.807, 2.05) is 13.0 Å². The van der Waals surface area contributed by atoms with Crippen LogP contribution in [0.25, 0.3) is 0 Å². The van der Waals surface area contributed by atoms with Crippen LogP contribution in [0.4, 0.5) is 0 Å². The van der Waals surface area contributed by atoms with Crippen LogP contribution in [0.15, 0.2) is 17.1 Å². The third-order valence-corrected chi connectivity index (χ3v) is 2.76. The van der Waals surface area contributed by atoms with E-state index in [1.165, 1.54) is 12.8 Å². The number of aromatic amines is 1. The van der Waals surface area contributed by atoms with E-state index >= 15 is 0 Å². The number of H-pyrrole nitrogens is 1. The Kier molecular flexibility index (Phi) is 2.68. The van der Waals surface area contributed by atoms with Crippen molar-refractivity contribution in [2.45, 2.75) is 32.2 Å². The predicted molar refractivity (Wildman–Crippen MR) is 56.4 cm³/mol. The summed E-state index contributed by atoms with van der Waals surface area (Å²) >= 11 is 0. The summed E-state index contributed by atoms with van der Waals surface area (Å²) in [6, 6.07) is 2.24. The van der Waals surface area contributed by atoms with E-state index in [0.717, 1.165) is 24.1 Å². The van der Waals surface area contributed by atoms with Crippen molar-refractivity contribution in [3.05, 3.63) is 33.7 Å². The highest BCUT2D eigenvalue weighted by molar-refractivity contribution is 5.20. The Bertz CT molecular complexity index is 364. The maximum Gasteiger partial charge on any atom is 0.252 e. The molecule has 0 saturated carbocycles. The summed E-state index contributed by atoms with van der Waals surface area (Å²) in [4.78, 5) is 14.3. The van der Waals surface area contributed by atoms with Gasteiger partial charge in [-0.25, -0.2) is 0 Å². The van der Waals surface area contributed by atoms with Crippen LogP contribution in [0.5, 0.6) is 0 Å². The van der Waals surface area contributed by atoms with Gasteiger partial charge in [-0.2, -0.15) is 0 Å². The van der Waals surface area contributed by atoms with Crippen molar-refractivity contribution >= 4 is 0 Å². The largest absolute Gasteiger partial charge is 0.329 e. The van der Waals surface area contributed by atoms with Crippen molar-refractivity contribution in [2.24, 2.45) is 0 Å². The minimum Gasteiger partial charge on any atom is -0.329 e. The summed E-state index contributed by atoms with van der Waals surface area (Å²) in [7, 11) is 0. The van der Waals surface area contributed by atoms with Gasteiger partial charge in [0.15, 0.2) is 0 Å². The quantitative estimate of drug-likeness (QED) is 0.708. The summed E-state index contributed by atoms with van der Waals surface area (Å²) in [5.41, 5.74) is 2.06. The van der Waals surface area contributed by atoms with Gasteiger partial charge in [-0.15, -0.1) is 0 Å². The average molecular weight is 192 g/mol. The topological polar surface area (TPSA) is 44.9 Å². The van der Waals surface area contributed by atoms with Crippen molar-refractivity contribution in [3.8, 4) is 0 Å². The number of aryl methyl sites for hydroxylation is 1. The lowest BCUT2D eigenvalue weighted by Crippen LogP contribution is -2.31. The number of rotatable bonds is 1. The highest BCUT2D eigenvalue weighted by atomic mass is 16.1. The lowest BCUT2D eigenvalue weighted by molar-refractivity contribution is 0.409. The first-order chi connectivity index (χ1) is 6.77. The molecule has 1 atom stereocenters. The SMILES string of the molecule is Cc1c[nH]c(=O)c(C2CCCCN2)c1. The zero-order valence-electron chi connectivity index (χ0n) is 8.47. The zero-order chi connectivity index (χ0) is 9.97. The van der Waals surface area contributed by atoms with Crippen molar-refractivity contribution < 1.29 is 0 Å². The molecule has 0 spiro atoms. The van der Waals surface area contributed by atoms with Crippen LogP contribution in [-0.2, 0) is 0 Å². The molecule has 1 aromatic heterocycles. The van der Waals surface area contributed by atoms with E-state index in [-0.39, 0.29) is 11.6 Å². The Labute approximate surface area is 83.5 Å². The molecule has 0 aliphatic carbocycles. The normalized spacial score (nSPS) is 22.2. The van der Waals surface area contributed by atoms with E-state index < -0.39 is 0 Å². The number of nitrogens with one attached hydrogen (secondary N) is 2. The van der Waals surface area contributed by atoms with Crippen molar-refractivity contribution in [1.82, 2.24) is 10.3 Å². The molecular weight excluding hydrogens is 176 g/mol. The second kappa shape index (κ2) is 3.96. The molecule has 1 aromatic rings. The second-order valence-electron chi connectivity index (χ2n) is 3.96. The molecule has 76 valence electrons. The van der Waals surface area contributed by atoms with E-state index in [0.29, 0.717) is 0 Å². The number of aromatic nitrogens is 1. The molecule has 3 heteroatoms. The first-order valence-electron chi connectivity index (χ1n) is 5.20. The number of pyridine rings is 1. The smallest absolute Gasteiger partial charge is 0.252 e. The second-order valence-corrected chi connectivity index (χ2v) is 3.96. The van der Waals surface area contributed by atoms with Crippen LogP contribution in [0.1, 0.15) is 36.4 Å². The molecule has 0 aromatic carbocycles. The average Bonchev–Trinajstić information content (AvgIpc) is 2.23. The molecule has 3 nitrogen and oxygen atoms in total. The monoisotopic (exact) mass is 192 g/mol. The van der Waals surface area contributed by atoms with E-state index in [9.17, 15) is 4.79 Å². The Morgan fingerprint density at radius 2 is 2.29 bits per heavy atom. The van der Waals surface area contributed by atoms with Crippen LogP contribution >= 0.6 is 0 Å². The van der Waals surface area contributed by atoms with Crippen LogP contribution in [-0.4, -0.2) is 11.5 Å². The first-order valence-corrected chi connectivity index (χ1v) is 5.20. The first kappa shape index (κ1) is 9.46. The van der Waals surface area contributed by atoms with E-state index in [2.05, 4.69) is 10.3 Å². The number of piperidine rings is 1. The van der Waals surface area contributed by atoms with E-state index in [1.54, 1.807) is 6.20 Å². The van der Waals surface area contributed by atoms with Crippen LogP contribution < -0.4 is 10.9 Å². The molecule has 2 N–H and O–H groups in total. The van der Waals surface area contributed by atoms with Gasteiger partial charge in [0.1, 0.15) is 0 Å². The van der Waals surface area contributed by atoms with Gasteiger partial charge in [-0.05, 0) is 37.9 Å². The fourth-order valence-electron chi connectivity index (χ4n) is 1.99. The van der Waals surface area contributed by atoms with Gasteiger partial charge in [0.25, 0.3) is 5.56 Å². The lowest BCUT2D eigenvalue weighted by atomic mass is 9.98. The summed E-state index contributed by atoms with van der Waals surface area (Å²) in [5.74, 6) is 0. The molecule has 0 amide bonds. The molecule has 1 unspecified atom stereocenters. The summed E-state index contributed by atoms with van der Waals surface area (Å²) in [5, 5.41) is 3.38. The molecule has 0 radical (unpaired) electrons. The highest BCUT2D eigenvalue weighted by Gasteiger charge is 2.17. The Morgan fingerprint density at radius 1 is 1.43 bits per heavy atom. The van der Waals surface area contributed by atoms with Gasteiger partial charge in [0.2, 0.25) is 0 Å². The van der Waals surface area contributed by atoms with Crippen molar-refractivity contribution in [1.29, 1.82) is 0 Å². The maximum atomic E-state index is 11.6. The van der Waals surface area contributed by atoms with Gasteiger partial charge in [0.05, 0.1) is 0 Å². The molecule has 1 saturated heterocycles. The van der Waals surface area contributed by atoms with Crippen LogP contribution in [0.3, 0.4) is 0 Å². The van der Waals surface area contributed by atoms with Gasteiger partial charge in [-0.1, -0.05) is 6.42 Å².